The molecule has 0 saturated carbocycles. The maximum atomic E-state index is 13.4. The lowest BCUT2D eigenvalue weighted by molar-refractivity contribution is 0.0949. The number of benzene rings is 1. The molecule has 1 amide bonds. The van der Waals surface area contributed by atoms with Crippen LogP contribution in [0.25, 0.3) is 0 Å². The van der Waals surface area contributed by atoms with E-state index >= 15 is 0 Å². The number of nitrogens with one attached hydrogen (secondary N) is 1. The molecule has 0 aliphatic rings. The second-order valence-electron chi connectivity index (χ2n) is 3.81. The average Bonchev–Trinajstić information content (AvgIpc) is 2.23. The molecule has 0 aliphatic heterocycles. The number of hydrogen-bond acceptors (Lipinski definition) is 2. The molecule has 0 aromatic heterocycles. The third kappa shape index (κ3) is 4.48. The molecule has 92 valence electrons. The summed E-state index contributed by atoms with van der Waals surface area (Å²) in [5.41, 5.74) is 6.17. The van der Waals surface area contributed by atoms with Crippen molar-refractivity contribution in [1.29, 1.82) is 0 Å². The van der Waals surface area contributed by atoms with Crippen LogP contribution in [-0.2, 0) is 0 Å². The first-order chi connectivity index (χ1) is 8.00. The highest BCUT2D eigenvalue weighted by atomic mass is 32.1. The lowest BCUT2D eigenvalue weighted by atomic mass is 10.1. The van der Waals surface area contributed by atoms with E-state index in [9.17, 15) is 9.18 Å². The van der Waals surface area contributed by atoms with Crippen LogP contribution in [0.3, 0.4) is 0 Å². The van der Waals surface area contributed by atoms with Crippen LogP contribution in [0.15, 0.2) is 18.2 Å². The van der Waals surface area contributed by atoms with E-state index < -0.39 is 11.7 Å². The molecule has 0 aliphatic carbocycles. The fourth-order valence-corrected chi connectivity index (χ4v) is 1.51. The fraction of sp³-hybridized carbons (Fsp3) is 0.333. The lowest BCUT2D eigenvalue weighted by Gasteiger charge is -2.06. The van der Waals surface area contributed by atoms with Crippen LogP contribution in [0.1, 0.15) is 28.8 Å². The van der Waals surface area contributed by atoms with Crippen molar-refractivity contribution in [2.24, 2.45) is 5.73 Å². The molecule has 0 bridgehead atoms. The highest BCUT2D eigenvalue weighted by molar-refractivity contribution is 7.80. The van der Waals surface area contributed by atoms with E-state index in [4.69, 9.17) is 18.0 Å². The molecular formula is C12H15FN2OS. The van der Waals surface area contributed by atoms with Gasteiger partial charge >= 0.3 is 0 Å². The second-order valence-corrected chi connectivity index (χ2v) is 4.33. The van der Waals surface area contributed by atoms with E-state index in [0.717, 1.165) is 5.56 Å². The Morgan fingerprint density at radius 1 is 1.53 bits per heavy atom. The number of nitrogens with two attached hydrogens (primary N) is 1. The largest absolute Gasteiger partial charge is 0.393 e. The van der Waals surface area contributed by atoms with Crippen molar-refractivity contribution in [2.45, 2.75) is 19.8 Å². The summed E-state index contributed by atoms with van der Waals surface area (Å²) in [6.07, 6.45) is 1.24. The van der Waals surface area contributed by atoms with Crippen molar-refractivity contribution in [3.8, 4) is 0 Å². The zero-order valence-electron chi connectivity index (χ0n) is 9.63. The molecule has 0 unspecified atom stereocenters. The summed E-state index contributed by atoms with van der Waals surface area (Å²) < 4.78 is 13.4. The topological polar surface area (TPSA) is 55.1 Å². The van der Waals surface area contributed by atoms with Crippen LogP contribution in [0.5, 0.6) is 0 Å². The molecule has 1 aromatic rings. The lowest BCUT2D eigenvalue weighted by Crippen LogP contribution is -2.26. The summed E-state index contributed by atoms with van der Waals surface area (Å²) in [6, 6.07) is 4.52. The fourth-order valence-electron chi connectivity index (χ4n) is 1.36. The number of amides is 1. The summed E-state index contributed by atoms with van der Waals surface area (Å²) in [6.45, 7) is 2.20. The van der Waals surface area contributed by atoms with E-state index in [0.29, 0.717) is 24.4 Å². The maximum absolute atomic E-state index is 13.4. The summed E-state index contributed by atoms with van der Waals surface area (Å²) in [5, 5.41) is 2.62. The normalized spacial score (nSPS) is 10.0. The first-order valence-corrected chi connectivity index (χ1v) is 5.74. The summed E-state index contributed by atoms with van der Waals surface area (Å²) in [7, 11) is 0. The third-order valence-electron chi connectivity index (χ3n) is 2.25. The molecule has 0 fully saturated rings. The summed E-state index contributed by atoms with van der Waals surface area (Å²) in [4.78, 5) is 12.0. The van der Waals surface area contributed by atoms with Crippen LogP contribution in [0, 0.1) is 12.7 Å². The van der Waals surface area contributed by atoms with Crippen LogP contribution in [-0.4, -0.2) is 17.4 Å². The highest BCUT2D eigenvalue weighted by Gasteiger charge is 2.10. The SMILES string of the molecule is Cc1ccc(C(=O)NCCCC(N)=S)c(F)c1. The average molecular weight is 254 g/mol. The minimum atomic E-state index is -0.503. The third-order valence-corrected chi connectivity index (χ3v) is 2.46. The molecule has 1 rings (SSSR count). The minimum absolute atomic E-state index is 0.0610. The smallest absolute Gasteiger partial charge is 0.254 e. The van der Waals surface area contributed by atoms with Gasteiger partial charge in [0.05, 0.1) is 10.6 Å². The summed E-state index contributed by atoms with van der Waals surface area (Å²) >= 11 is 4.71. The van der Waals surface area contributed by atoms with Crippen LogP contribution >= 0.6 is 12.2 Å². The Kier molecular flexibility index (Phi) is 5.03. The molecule has 0 saturated heterocycles. The molecule has 0 heterocycles. The molecule has 5 heteroatoms. The number of halogens is 1. The monoisotopic (exact) mass is 254 g/mol. The van der Waals surface area contributed by atoms with Crippen molar-refractivity contribution in [2.75, 3.05) is 6.54 Å². The van der Waals surface area contributed by atoms with Gasteiger partial charge in [-0.1, -0.05) is 18.3 Å². The van der Waals surface area contributed by atoms with Gasteiger partial charge in [-0.25, -0.2) is 4.39 Å². The Labute approximate surface area is 105 Å². The molecule has 0 spiro atoms. The second kappa shape index (κ2) is 6.30. The Bertz CT molecular complexity index is 435. The van der Waals surface area contributed by atoms with Crippen LogP contribution in [0.2, 0.25) is 0 Å². The number of thiocarbonyl (C=S) groups is 1. The van der Waals surface area contributed by atoms with Gasteiger partial charge in [0.25, 0.3) is 5.91 Å². The van der Waals surface area contributed by atoms with Gasteiger partial charge in [0.15, 0.2) is 0 Å². The Morgan fingerprint density at radius 3 is 2.82 bits per heavy atom. The predicted molar refractivity (Wildman–Crippen MR) is 69.5 cm³/mol. The summed E-state index contributed by atoms with van der Waals surface area (Å²) in [5.74, 6) is -0.915. The van der Waals surface area contributed by atoms with Gasteiger partial charge in [0, 0.05) is 6.54 Å². The number of rotatable bonds is 5. The van der Waals surface area contributed by atoms with Crippen LogP contribution < -0.4 is 11.1 Å². The Balaban J connectivity index is 2.50. The van der Waals surface area contributed by atoms with E-state index in [2.05, 4.69) is 5.32 Å². The van der Waals surface area contributed by atoms with E-state index in [1.54, 1.807) is 13.0 Å². The molecular weight excluding hydrogens is 239 g/mol. The first kappa shape index (κ1) is 13.6. The Hall–Kier alpha value is -1.49. The molecule has 1 aromatic carbocycles. The van der Waals surface area contributed by atoms with Gasteiger partial charge in [-0.3, -0.25) is 4.79 Å². The maximum Gasteiger partial charge on any atom is 0.254 e. The molecule has 3 nitrogen and oxygen atoms in total. The van der Waals surface area contributed by atoms with Gasteiger partial charge in [-0.05, 0) is 37.5 Å². The van der Waals surface area contributed by atoms with E-state index in [1.807, 2.05) is 0 Å². The van der Waals surface area contributed by atoms with Gasteiger partial charge in [-0.2, -0.15) is 0 Å². The molecule has 17 heavy (non-hydrogen) atoms. The van der Waals surface area contributed by atoms with Crippen molar-refractivity contribution >= 4 is 23.1 Å². The van der Waals surface area contributed by atoms with Crippen molar-refractivity contribution < 1.29 is 9.18 Å². The number of hydrogen-bond donors (Lipinski definition) is 2. The zero-order valence-corrected chi connectivity index (χ0v) is 10.4. The standard InChI is InChI=1S/C12H15FN2OS/c1-8-4-5-9(10(13)7-8)12(16)15-6-2-3-11(14)17/h4-5,7H,2-3,6H2,1H3,(H2,14,17)(H,15,16). The van der Waals surface area contributed by atoms with Crippen LogP contribution in [0.4, 0.5) is 4.39 Å². The zero-order chi connectivity index (χ0) is 12.8. The first-order valence-electron chi connectivity index (χ1n) is 5.33. The molecule has 3 N–H and O–H groups in total. The molecule has 0 atom stereocenters. The van der Waals surface area contributed by atoms with E-state index in [-0.39, 0.29) is 5.56 Å². The predicted octanol–water partition coefficient (Wildman–Crippen LogP) is 1.93. The molecule has 0 radical (unpaired) electrons. The number of carbonyl (C=O) groups is 1. The van der Waals surface area contributed by atoms with Gasteiger partial charge in [-0.15, -0.1) is 0 Å². The van der Waals surface area contributed by atoms with Crippen molar-refractivity contribution in [3.05, 3.63) is 35.1 Å². The van der Waals surface area contributed by atoms with Crippen molar-refractivity contribution in [3.63, 3.8) is 0 Å². The quantitative estimate of drug-likeness (QED) is 0.623. The van der Waals surface area contributed by atoms with Gasteiger partial charge in [0.1, 0.15) is 5.82 Å². The van der Waals surface area contributed by atoms with Gasteiger partial charge < -0.3 is 11.1 Å². The minimum Gasteiger partial charge on any atom is -0.393 e. The number of carbonyl (C=O) groups excluding carboxylic acids is 1. The van der Waals surface area contributed by atoms with Gasteiger partial charge in [0.2, 0.25) is 0 Å². The van der Waals surface area contributed by atoms with E-state index in [1.165, 1.54) is 12.1 Å². The van der Waals surface area contributed by atoms with Crippen molar-refractivity contribution in [1.82, 2.24) is 5.32 Å². The number of aryl methyl sites for hydroxylation is 1. The Morgan fingerprint density at radius 2 is 2.24 bits per heavy atom. The highest BCUT2D eigenvalue weighted by Crippen LogP contribution is 2.09.